The van der Waals surface area contributed by atoms with Crippen molar-refractivity contribution in [3.05, 3.63) is 0 Å². The average molecular weight is 401 g/mol. The lowest BCUT2D eigenvalue weighted by Gasteiger charge is -2.61. The lowest BCUT2D eigenvalue weighted by molar-refractivity contribution is -0.147. The van der Waals surface area contributed by atoms with E-state index in [4.69, 9.17) is 0 Å². The van der Waals surface area contributed by atoms with Crippen molar-refractivity contribution in [2.45, 2.75) is 112 Å². The van der Waals surface area contributed by atoms with Crippen molar-refractivity contribution in [2.24, 2.45) is 58.2 Å². The fourth-order valence-corrected chi connectivity index (χ4v) is 9.43. The zero-order valence-electron chi connectivity index (χ0n) is 20.3. The minimum Gasteiger partial charge on any atom is -0.299 e. The smallest absolute Gasteiger partial charge is 0.136 e. The summed E-state index contributed by atoms with van der Waals surface area (Å²) in [4.78, 5) is 12.4. The predicted octanol–water partition coefficient (Wildman–Crippen LogP) is 7.92. The third-order valence-electron chi connectivity index (χ3n) is 11.0. The van der Waals surface area contributed by atoms with Crippen LogP contribution in [0.1, 0.15) is 112 Å². The van der Waals surface area contributed by atoms with Gasteiger partial charge in [0.2, 0.25) is 0 Å². The Morgan fingerprint density at radius 3 is 2.38 bits per heavy atom. The second kappa shape index (κ2) is 7.98. The van der Waals surface area contributed by atoms with Crippen molar-refractivity contribution in [2.75, 3.05) is 0 Å². The van der Waals surface area contributed by atoms with Crippen molar-refractivity contribution in [1.29, 1.82) is 0 Å². The number of hydrogen-bond donors (Lipinski definition) is 0. The Kier molecular flexibility index (Phi) is 6.02. The minimum absolute atomic E-state index is 0.306. The van der Waals surface area contributed by atoms with Gasteiger partial charge in [0.15, 0.2) is 0 Å². The number of rotatable bonds is 5. The normalized spacial score (nSPS) is 48.2. The topological polar surface area (TPSA) is 17.1 Å². The number of carbonyl (C=O) groups is 1. The van der Waals surface area contributed by atoms with Gasteiger partial charge in [0.25, 0.3) is 0 Å². The molecule has 4 fully saturated rings. The molecule has 4 aliphatic rings. The van der Waals surface area contributed by atoms with Gasteiger partial charge in [-0.05, 0) is 97.2 Å². The first-order valence-corrected chi connectivity index (χ1v) is 13.2. The van der Waals surface area contributed by atoms with Crippen LogP contribution in [0, 0.1) is 58.2 Å². The van der Waals surface area contributed by atoms with E-state index in [0.717, 1.165) is 41.9 Å². The van der Waals surface area contributed by atoms with Gasteiger partial charge in [-0.15, -0.1) is 0 Å². The molecule has 0 aromatic carbocycles. The minimum atomic E-state index is 0.306. The largest absolute Gasteiger partial charge is 0.299 e. The van der Waals surface area contributed by atoms with Crippen LogP contribution in [-0.4, -0.2) is 5.78 Å². The van der Waals surface area contributed by atoms with E-state index >= 15 is 0 Å². The molecule has 1 nitrogen and oxygen atoms in total. The Morgan fingerprint density at radius 2 is 1.66 bits per heavy atom. The van der Waals surface area contributed by atoms with E-state index < -0.39 is 0 Å². The van der Waals surface area contributed by atoms with Gasteiger partial charge in [0, 0.05) is 12.3 Å². The molecule has 4 aliphatic carbocycles. The van der Waals surface area contributed by atoms with Crippen LogP contribution in [0.25, 0.3) is 0 Å². The van der Waals surface area contributed by atoms with Crippen molar-refractivity contribution in [3.8, 4) is 0 Å². The fraction of sp³-hybridized carbons (Fsp3) is 0.964. The van der Waals surface area contributed by atoms with Gasteiger partial charge in [-0.3, -0.25) is 4.79 Å². The predicted molar refractivity (Wildman–Crippen MR) is 123 cm³/mol. The summed E-state index contributed by atoms with van der Waals surface area (Å²) in [5.41, 5.74) is 1.04. The van der Waals surface area contributed by atoms with Crippen molar-refractivity contribution in [3.63, 3.8) is 0 Å². The molecule has 0 aromatic rings. The van der Waals surface area contributed by atoms with E-state index in [1.54, 1.807) is 0 Å². The molecular formula is C28H48O. The first kappa shape index (κ1) is 21.9. The van der Waals surface area contributed by atoms with Crippen LogP contribution in [0.5, 0.6) is 0 Å². The molecule has 0 aliphatic heterocycles. The number of fused-ring (bicyclic) bond motifs is 5. The standard InChI is InChI=1S/C28H48O/c1-18(2)8-7-9-19(3)23-12-13-24-22-11-10-21-16-26(29)20(4)17-28(21,6)25(22)14-15-27(23,24)5/h18-25H,7-17H2,1-6H3/t19-,20+,21+,22+,23-,24+,25+,27-,28+/m1/s1. The summed E-state index contributed by atoms with van der Waals surface area (Å²) in [5, 5.41) is 0. The third kappa shape index (κ3) is 3.65. The summed E-state index contributed by atoms with van der Waals surface area (Å²) in [6.45, 7) is 14.8. The SMILES string of the molecule is CC(C)CCC[C@@H](C)[C@H]1CC[C@H]2[C@@H]3CC[C@H]4CC(=O)[C@@H](C)C[C@]4(C)[C@H]3CC[C@]12C. The molecule has 0 aromatic heterocycles. The summed E-state index contributed by atoms with van der Waals surface area (Å²) >= 11 is 0. The van der Waals surface area contributed by atoms with Crippen LogP contribution >= 0.6 is 0 Å². The lowest BCUT2D eigenvalue weighted by atomic mass is 9.43. The lowest BCUT2D eigenvalue weighted by Crippen LogP contribution is -2.55. The van der Waals surface area contributed by atoms with Crippen molar-refractivity contribution in [1.82, 2.24) is 0 Å². The monoisotopic (exact) mass is 400 g/mol. The summed E-state index contributed by atoms with van der Waals surface area (Å²) in [6.07, 6.45) is 15.0. The summed E-state index contributed by atoms with van der Waals surface area (Å²) in [7, 11) is 0. The molecule has 1 heteroatoms. The molecule has 9 atom stereocenters. The molecular weight excluding hydrogens is 352 g/mol. The Labute approximate surface area is 181 Å². The first-order chi connectivity index (χ1) is 13.7. The maximum atomic E-state index is 12.4. The van der Waals surface area contributed by atoms with Crippen LogP contribution in [0.2, 0.25) is 0 Å². The molecule has 0 spiro atoms. The molecule has 0 N–H and O–H groups in total. The fourth-order valence-electron chi connectivity index (χ4n) is 9.43. The van der Waals surface area contributed by atoms with Crippen LogP contribution < -0.4 is 0 Å². The van der Waals surface area contributed by atoms with E-state index in [9.17, 15) is 4.79 Å². The summed E-state index contributed by atoms with van der Waals surface area (Å²) in [5.74, 6) is 7.06. The van der Waals surface area contributed by atoms with Gasteiger partial charge in [0.1, 0.15) is 5.78 Å². The molecule has 0 bridgehead atoms. The Morgan fingerprint density at radius 1 is 0.931 bits per heavy atom. The van der Waals surface area contributed by atoms with E-state index in [0.29, 0.717) is 28.4 Å². The Balaban J connectivity index is 1.48. The summed E-state index contributed by atoms with van der Waals surface area (Å²) < 4.78 is 0. The number of hydrogen-bond acceptors (Lipinski definition) is 1. The third-order valence-corrected chi connectivity index (χ3v) is 11.0. The Hall–Kier alpha value is -0.330. The first-order valence-electron chi connectivity index (χ1n) is 13.2. The van der Waals surface area contributed by atoms with Crippen LogP contribution in [0.15, 0.2) is 0 Å². The molecule has 0 heterocycles. The van der Waals surface area contributed by atoms with E-state index in [2.05, 4.69) is 41.5 Å². The molecule has 29 heavy (non-hydrogen) atoms. The zero-order chi connectivity index (χ0) is 21.0. The number of ketones is 1. The molecule has 166 valence electrons. The van der Waals surface area contributed by atoms with E-state index in [1.165, 1.54) is 64.2 Å². The van der Waals surface area contributed by atoms with Crippen LogP contribution in [0.3, 0.4) is 0 Å². The maximum absolute atomic E-state index is 12.4. The van der Waals surface area contributed by atoms with E-state index in [1.807, 2.05) is 0 Å². The number of carbonyl (C=O) groups excluding carboxylic acids is 1. The van der Waals surface area contributed by atoms with Crippen molar-refractivity contribution < 1.29 is 4.79 Å². The van der Waals surface area contributed by atoms with Gasteiger partial charge < -0.3 is 0 Å². The highest BCUT2D eigenvalue weighted by Crippen LogP contribution is 2.68. The van der Waals surface area contributed by atoms with Crippen molar-refractivity contribution >= 4 is 5.78 Å². The highest BCUT2D eigenvalue weighted by Gasteiger charge is 2.61. The van der Waals surface area contributed by atoms with Gasteiger partial charge in [0.05, 0.1) is 0 Å². The highest BCUT2D eigenvalue weighted by molar-refractivity contribution is 5.82. The average Bonchev–Trinajstić information content (AvgIpc) is 3.00. The molecule has 0 unspecified atom stereocenters. The Bertz CT molecular complexity index is 607. The molecule has 4 saturated carbocycles. The second-order valence-electron chi connectivity index (χ2n) is 13.0. The molecule has 0 saturated heterocycles. The van der Waals surface area contributed by atoms with Gasteiger partial charge in [-0.2, -0.15) is 0 Å². The molecule has 0 radical (unpaired) electrons. The van der Waals surface area contributed by atoms with Crippen LogP contribution in [0.4, 0.5) is 0 Å². The maximum Gasteiger partial charge on any atom is 0.136 e. The molecule has 4 rings (SSSR count). The summed E-state index contributed by atoms with van der Waals surface area (Å²) in [6, 6.07) is 0. The van der Waals surface area contributed by atoms with E-state index in [-0.39, 0.29) is 0 Å². The van der Waals surface area contributed by atoms with Crippen LogP contribution in [-0.2, 0) is 4.79 Å². The second-order valence-corrected chi connectivity index (χ2v) is 13.0. The van der Waals surface area contributed by atoms with Gasteiger partial charge in [-0.1, -0.05) is 60.8 Å². The van der Waals surface area contributed by atoms with Gasteiger partial charge in [-0.25, -0.2) is 0 Å². The zero-order valence-corrected chi connectivity index (χ0v) is 20.3. The number of Topliss-reactive ketones (excluding diaryl/α,β-unsaturated/α-hetero) is 1. The van der Waals surface area contributed by atoms with Gasteiger partial charge >= 0.3 is 0 Å². The quantitative estimate of drug-likeness (QED) is 0.458. The molecule has 0 amide bonds. The highest BCUT2D eigenvalue weighted by atomic mass is 16.1.